The summed E-state index contributed by atoms with van der Waals surface area (Å²) < 4.78 is 44.6. The molecule has 1 aliphatic heterocycles. The number of fused-ring (bicyclic) bond motifs is 4. The van der Waals surface area contributed by atoms with Crippen LogP contribution in [0.1, 0.15) is 49.4 Å². The minimum Gasteiger partial charge on any atom is -0.363 e. The Morgan fingerprint density at radius 3 is 2.65 bits per heavy atom. The number of H-pyrrole nitrogens is 1. The van der Waals surface area contributed by atoms with Crippen LogP contribution in [0.5, 0.6) is 0 Å². The van der Waals surface area contributed by atoms with Gasteiger partial charge in [0, 0.05) is 12.5 Å². The lowest BCUT2D eigenvalue weighted by atomic mass is 9.94. The largest absolute Gasteiger partial charge is 0.410 e. The average molecular weight is 467 g/mol. The normalized spacial score (nSPS) is 18.5. The van der Waals surface area contributed by atoms with E-state index in [1.54, 1.807) is 12.3 Å². The molecular formula is C22H20F3N9. The van der Waals surface area contributed by atoms with Gasteiger partial charge in [0.05, 0.1) is 17.6 Å². The highest BCUT2D eigenvalue weighted by Gasteiger charge is 2.46. The summed E-state index contributed by atoms with van der Waals surface area (Å²) in [5.74, 6) is 0.821. The summed E-state index contributed by atoms with van der Waals surface area (Å²) >= 11 is 0. The molecule has 0 saturated carbocycles. The number of alkyl halides is 3. The van der Waals surface area contributed by atoms with Crippen LogP contribution in [-0.4, -0.2) is 45.7 Å². The monoisotopic (exact) mass is 467 g/mol. The fourth-order valence-corrected chi connectivity index (χ4v) is 4.36. The van der Waals surface area contributed by atoms with E-state index in [-0.39, 0.29) is 23.8 Å². The average Bonchev–Trinajstić information content (AvgIpc) is 3.54. The third-order valence-electron chi connectivity index (χ3n) is 6.21. The van der Waals surface area contributed by atoms with Crippen molar-refractivity contribution in [3.05, 3.63) is 54.0 Å². The lowest BCUT2D eigenvalue weighted by molar-refractivity contribution is -0.173. The van der Waals surface area contributed by atoms with Crippen molar-refractivity contribution in [1.29, 1.82) is 0 Å². The summed E-state index contributed by atoms with van der Waals surface area (Å²) in [5.41, 5.74) is 3.21. The van der Waals surface area contributed by atoms with Gasteiger partial charge in [0.25, 0.3) is 0 Å². The highest BCUT2D eigenvalue weighted by molar-refractivity contribution is 5.88. The van der Waals surface area contributed by atoms with E-state index in [0.717, 1.165) is 15.8 Å². The predicted molar refractivity (Wildman–Crippen MR) is 118 cm³/mol. The Balaban J connectivity index is 1.40. The molecule has 5 heterocycles. The van der Waals surface area contributed by atoms with Gasteiger partial charge in [-0.15, -0.1) is 5.10 Å². The van der Waals surface area contributed by atoms with E-state index in [1.807, 2.05) is 24.3 Å². The van der Waals surface area contributed by atoms with E-state index in [9.17, 15) is 13.2 Å². The zero-order valence-electron chi connectivity index (χ0n) is 18.2. The molecule has 0 saturated heterocycles. The second-order valence-corrected chi connectivity index (χ2v) is 8.75. The van der Waals surface area contributed by atoms with Crippen LogP contribution in [0, 0.1) is 0 Å². The Labute approximate surface area is 191 Å². The van der Waals surface area contributed by atoms with Crippen LogP contribution in [-0.2, 0) is 0 Å². The minimum atomic E-state index is -4.46. The number of rotatable bonds is 3. The fraction of sp³-hybridized carbons (Fsp3) is 0.318. The van der Waals surface area contributed by atoms with Crippen LogP contribution >= 0.6 is 0 Å². The van der Waals surface area contributed by atoms with Crippen molar-refractivity contribution in [1.82, 2.24) is 39.6 Å². The number of nitrogens with one attached hydrogen (secondary N) is 2. The van der Waals surface area contributed by atoms with Crippen molar-refractivity contribution in [2.45, 2.75) is 44.4 Å². The zero-order chi connectivity index (χ0) is 23.6. The number of nitrogens with zero attached hydrogens (tertiary/aromatic N) is 7. The maximum absolute atomic E-state index is 14.1. The third-order valence-corrected chi connectivity index (χ3v) is 6.21. The number of aromatic nitrogens is 8. The number of anilines is 1. The third kappa shape index (κ3) is 3.28. The van der Waals surface area contributed by atoms with E-state index >= 15 is 0 Å². The second-order valence-electron chi connectivity index (χ2n) is 8.75. The number of aromatic amines is 1. The van der Waals surface area contributed by atoms with Crippen molar-refractivity contribution in [3.63, 3.8) is 0 Å². The molecule has 2 atom stereocenters. The zero-order valence-corrected chi connectivity index (χ0v) is 18.2. The van der Waals surface area contributed by atoms with Crippen LogP contribution < -0.4 is 5.32 Å². The molecule has 12 heteroatoms. The Kier molecular flexibility index (Phi) is 4.41. The minimum absolute atomic E-state index is 0.170. The molecule has 34 heavy (non-hydrogen) atoms. The number of benzene rings is 1. The lowest BCUT2D eigenvalue weighted by Gasteiger charge is -2.33. The first-order chi connectivity index (χ1) is 16.3. The summed E-state index contributed by atoms with van der Waals surface area (Å²) in [4.78, 5) is 8.69. The smallest absolute Gasteiger partial charge is 0.363 e. The van der Waals surface area contributed by atoms with Crippen LogP contribution in [0.15, 0.2) is 42.9 Å². The van der Waals surface area contributed by atoms with Crippen molar-refractivity contribution in [2.75, 3.05) is 5.32 Å². The van der Waals surface area contributed by atoms with Crippen LogP contribution in [0.3, 0.4) is 0 Å². The van der Waals surface area contributed by atoms with E-state index in [0.29, 0.717) is 22.6 Å². The highest BCUT2D eigenvalue weighted by atomic mass is 19.4. The lowest BCUT2D eigenvalue weighted by Crippen LogP contribution is -2.35. The first kappa shape index (κ1) is 20.6. The Bertz CT molecular complexity index is 1490. The molecule has 0 amide bonds. The second kappa shape index (κ2) is 7.27. The topological polar surface area (TPSA) is 102 Å². The maximum Gasteiger partial charge on any atom is 0.410 e. The molecule has 1 aliphatic rings. The molecule has 5 aromatic rings. The summed E-state index contributed by atoms with van der Waals surface area (Å²) in [6.07, 6.45) is -1.59. The Morgan fingerprint density at radius 2 is 1.91 bits per heavy atom. The summed E-state index contributed by atoms with van der Waals surface area (Å²) in [5, 5.41) is 19.2. The van der Waals surface area contributed by atoms with Gasteiger partial charge in [0.2, 0.25) is 5.82 Å². The standard InChI is InChI=1S/C22H20F3N9/c1-11(2)12-3-5-13(6-4-12)15-7-17(22(23,24)25)34-18(28-15)8-16(31-34)20-29-21-14-9-27-30-19(14)26-10-33(21)32-20/h3-6,8-11,15,17,28H,7H2,1-2H3,(H,27,30). The first-order valence-electron chi connectivity index (χ1n) is 10.9. The van der Waals surface area contributed by atoms with Crippen LogP contribution in [0.2, 0.25) is 0 Å². The summed E-state index contributed by atoms with van der Waals surface area (Å²) in [7, 11) is 0. The van der Waals surface area contributed by atoms with Crippen molar-refractivity contribution >= 4 is 22.5 Å². The van der Waals surface area contributed by atoms with Crippen molar-refractivity contribution in [2.24, 2.45) is 0 Å². The molecule has 6 rings (SSSR count). The van der Waals surface area contributed by atoms with E-state index < -0.39 is 18.3 Å². The molecule has 9 nitrogen and oxygen atoms in total. The van der Waals surface area contributed by atoms with Crippen LogP contribution in [0.4, 0.5) is 19.0 Å². The van der Waals surface area contributed by atoms with Gasteiger partial charge in [-0.1, -0.05) is 38.1 Å². The maximum atomic E-state index is 14.1. The molecule has 0 radical (unpaired) electrons. The van der Waals surface area contributed by atoms with Crippen molar-refractivity contribution in [3.8, 4) is 11.5 Å². The number of hydrogen-bond acceptors (Lipinski definition) is 6. The SMILES string of the molecule is CC(C)c1ccc(C2CC(C(F)(F)F)n3nc(-c4nc5c6cn[nH]c6ncn5n4)cc3N2)cc1. The summed E-state index contributed by atoms with van der Waals surface area (Å²) in [6.45, 7) is 4.16. The van der Waals surface area contributed by atoms with Gasteiger partial charge in [-0.2, -0.15) is 23.4 Å². The van der Waals surface area contributed by atoms with E-state index in [1.165, 1.54) is 10.8 Å². The molecule has 174 valence electrons. The van der Waals surface area contributed by atoms with Gasteiger partial charge in [-0.05, 0) is 17.0 Å². The molecule has 0 bridgehead atoms. The molecule has 0 fully saturated rings. The quantitative estimate of drug-likeness (QED) is 0.401. The molecule has 2 unspecified atom stereocenters. The number of hydrogen-bond donors (Lipinski definition) is 2. The van der Waals surface area contributed by atoms with Gasteiger partial charge in [0.1, 0.15) is 17.8 Å². The molecule has 0 spiro atoms. The fourth-order valence-electron chi connectivity index (χ4n) is 4.36. The highest BCUT2D eigenvalue weighted by Crippen LogP contribution is 2.44. The Morgan fingerprint density at radius 1 is 1.12 bits per heavy atom. The molecule has 2 N–H and O–H groups in total. The van der Waals surface area contributed by atoms with Gasteiger partial charge in [-0.25, -0.2) is 19.2 Å². The van der Waals surface area contributed by atoms with Crippen LogP contribution in [0.25, 0.3) is 28.2 Å². The van der Waals surface area contributed by atoms with E-state index in [4.69, 9.17) is 0 Å². The molecule has 0 aliphatic carbocycles. The van der Waals surface area contributed by atoms with Gasteiger partial charge in [0.15, 0.2) is 17.3 Å². The molecule has 1 aromatic carbocycles. The molecular weight excluding hydrogens is 447 g/mol. The predicted octanol–water partition coefficient (Wildman–Crippen LogP) is 4.65. The summed E-state index contributed by atoms with van der Waals surface area (Å²) in [6, 6.07) is 6.99. The first-order valence-corrected chi connectivity index (χ1v) is 10.9. The van der Waals surface area contributed by atoms with Gasteiger partial charge >= 0.3 is 6.18 Å². The Hall–Kier alpha value is -3.96. The number of halogens is 3. The molecule has 4 aromatic heterocycles. The van der Waals surface area contributed by atoms with Gasteiger partial charge in [-0.3, -0.25) is 5.10 Å². The van der Waals surface area contributed by atoms with Gasteiger partial charge < -0.3 is 5.32 Å². The van der Waals surface area contributed by atoms with Crippen molar-refractivity contribution < 1.29 is 13.2 Å². The van der Waals surface area contributed by atoms with E-state index in [2.05, 4.69) is 49.5 Å².